The Hall–Kier alpha value is -4.90. The maximum absolute atomic E-state index is 15.9. The fraction of sp³-hybridized carbons (Fsp3) is 0.774. The van der Waals surface area contributed by atoms with Gasteiger partial charge in [0.05, 0.1) is 0 Å². The number of halogens is 47. The zero-order valence-corrected chi connectivity index (χ0v) is 39.2. The number of carbonyl (C=O) groups is 1. The van der Waals surface area contributed by atoms with Crippen LogP contribution in [-0.4, -0.2) is 156 Å². The Balaban J connectivity index is 4.49. The van der Waals surface area contributed by atoms with Crippen molar-refractivity contribution in [2.75, 3.05) is 5.32 Å². The highest BCUT2D eigenvalue weighted by Crippen LogP contribution is 2.65. The summed E-state index contributed by atoms with van der Waals surface area (Å²) in [6, 6.07) is -0.765. The summed E-state index contributed by atoms with van der Waals surface area (Å²) in [6.45, 7) is 0.0511. The van der Waals surface area contributed by atoms with Crippen molar-refractivity contribution < 1.29 is 254 Å². The lowest BCUT2D eigenvalue weighted by Crippen LogP contribution is -2.73. The maximum Gasteiger partial charge on any atom is 0.489 e. The summed E-state index contributed by atoms with van der Waals surface area (Å²) in [4.78, 5) is 11.4. The average molecular weight is 1460 g/mol. The molecule has 90 heavy (non-hydrogen) atoms. The van der Waals surface area contributed by atoms with E-state index in [1.807, 2.05) is 4.74 Å². The quantitative estimate of drug-likeness (QED) is 0.0678. The predicted octanol–water partition coefficient (Wildman–Crippen LogP) is 13.8. The van der Waals surface area contributed by atoms with E-state index in [4.69, 9.17) is 0 Å². The van der Waals surface area contributed by atoms with Gasteiger partial charge in [0.15, 0.2) is 0 Å². The number of rotatable bonds is 24. The number of anilines is 1. The summed E-state index contributed by atoms with van der Waals surface area (Å²) in [6.07, 6.45) is -141. The summed E-state index contributed by atoms with van der Waals surface area (Å²) in [5.74, 6) is -77.5. The van der Waals surface area contributed by atoms with Gasteiger partial charge in [-0.25, -0.2) is 0 Å². The van der Waals surface area contributed by atoms with Crippen LogP contribution < -0.4 is 10.8 Å². The third-order valence-electron chi connectivity index (χ3n) is 9.41. The van der Waals surface area contributed by atoms with Gasteiger partial charge in [-0.05, 0) is 11.5 Å². The van der Waals surface area contributed by atoms with E-state index in [0.29, 0.717) is 23.7 Å². The number of ether oxygens (including phenoxy) is 7. The second kappa shape index (κ2) is 22.9. The van der Waals surface area contributed by atoms with E-state index in [9.17, 15) is 190 Å². The van der Waals surface area contributed by atoms with Gasteiger partial charge >= 0.3 is 146 Å². The second-order valence-corrected chi connectivity index (χ2v) is 15.9. The van der Waals surface area contributed by atoms with Gasteiger partial charge in [0.25, 0.3) is 0 Å². The van der Waals surface area contributed by atoms with E-state index < -0.39 is 175 Å². The molecular formula is C31H9BF47NO10. The summed E-state index contributed by atoms with van der Waals surface area (Å²) < 4.78 is 667. The summed E-state index contributed by atoms with van der Waals surface area (Å²) >= 11 is 0. The van der Waals surface area contributed by atoms with Crippen LogP contribution in [0.5, 0.6) is 0 Å². The zero-order valence-electron chi connectivity index (χ0n) is 39.2. The molecule has 0 aliphatic rings. The topological polar surface area (TPSA) is 134 Å². The van der Waals surface area contributed by atoms with Gasteiger partial charge in [0.1, 0.15) is 0 Å². The Morgan fingerprint density at radius 2 is 0.533 bits per heavy atom. The van der Waals surface area contributed by atoms with Crippen molar-refractivity contribution in [1.29, 1.82) is 0 Å². The van der Waals surface area contributed by atoms with E-state index in [2.05, 4.69) is 0 Å². The van der Waals surface area contributed by atoms with Gasteiger partial charge in [-0.15, -0.1) is 0 Å². The molecule has 0 radical (unpaired) electrons. The molecule has 1 aromatic rings. The number of carbonyl (C=O) groups excluding carboxylic acids is 1. The minimum Gasteiger partial charge on any atom is -0.423 e. The first-order chi connectivity index (χ1) is 38.4. The molecule has 0 aliphatic carbocycles. The second-order valence-electron chi connectivity index (χ2n) is 15.9. The van der Waals surface area contributed by atoms with Gasteiger partial charge in [-0.1, -0.05) is 12.1 Å². The molecule has 3 N–H and O–H groups in total. The smallest absolute Gasteiger partial charge is 0.423 e. The maximum atomic E-state index is 15.9. The minimum absolute atomic E-state index is 0.0197. The van der Waals surface area contributed by atoms with Crippen LogP contribution in [0.15, 0.2) is 18.2 Å². The van der Waals surface area contributed by atoms with Crippen molar-refractivity contribution in [3.05, 3.63) is 23.8 Å². The summed E-state index contributed by atoms with van der Waals surface area (Å²) in [5.41, 5.74) is -8.33. The highest BCUT2D eigenvalue weighted by molar-refractivity contribution is 6.59. The van der Waals surface area contributed by atoms with Gasteiger partial charge in [0, 0.05) is 18.2 Å². The number of nitrogens with one attached hydrogen (secondary N) is 1. The average Bonchev–Trinajstić information content (AvgIpc) is 0.719. The molecule has 59 heteroatoms. The molecule has 1 amide bonds. The Morgan fingerprint density at radius 1 is 0.322 bits per heavy atom. The standard InChI is InChI=1S/C31H9BF47NO10/c1-5(81)80-7-4-2-3-6(32(82)83)8(7)9(33,17(42,43)44)84-26(68,69)11(36,19(48,49)50)86-28(72,73)13(38,21(54,55)56)88-30(76,77)15(40,23(60,61)62)90-31(78,79)16(41,24(63,64)65)89-29(74,75)14(39,22(57,58)59)87-27(70,71)12(37,20(51,52)53)85-25(66,67)10(34,35)18(45,46)47/h2-4,82-83H,1H3,(H,80,81). The number of amides is 1. The summed E-state index contributed by atoms with van der Waals surface area (Å²) in [5, 5.41) is 19.5. The Morgan fingerprint density at radius 3 is 0.711 bits per heavy atom. The number of hydrogen-bond donors (Lipinski definition) is 3. The number of alkyl halides is 47. The first-order valence-corrected chi connectivity index (χ1v) is 19.5. The van der Waals surface area contributed by atoms with E-state index in [1.165, 1.54) is 0 Å². The minimum atomic E-state index is -10.2. The van der Waals surface area contributed by atoms with Crippen LogP contribution in [-0.2, 0) is 43.8 Å². The molecule has 0 spiro atoms. The molecule has 0 saturated heterocycles. The van der Waals surface area contributed by atoms with Gasteiger partial charge in [-0.3, -0.25) is 38.0 Å². The first-order valence-electron chi connectivity index (χ1n) is 19.5. The monoisotopic (exact) mass is 1460 g/mol. The fourth-order valence-electron chi connectivity index (χ4n) is 5.24. The van der Waals surface area contributed by atoms with Crippen LogP contribution in [0.25, 0.3) is 0 Å². The lowest BCUT2D eigenvalue weighted by Gasteiger charge is -2.45. The third-order valence-corrected chi connectivity index (χ3v) is 9.41. The normalized spacial score (nSPS) is 20.0. The Labute approximate surface area is 454 Å². The highest BCUT2D eigenvalue weighted by atomic mass is 19.5. The van der Waals surface area contributed by atoms with Crippen molar-refractivity contribution in [2.45, 2.75) is 146 Å². The largest absolute Gasteiger partial charge is 0.489 e. The predicted molar refractivity (Wildman–Crippen MR) is 172 cm³/mol. The highest BCUT2D eigenvalue weighted by Gasteiger charge is 2.93. The van der Waals surface area contributed by atoms with E-state index in [0.717, 1.165) is 10.1 Å². The summed E-state index contributed by atoms with van der Waals surface area (Å²) in [7, 11) is -3.97. The zero-order chi connectivity index (χ0) is 73.2. The lowest BCUT2D eigenvalue weighted by atomic mass is 9.74. The third kappa shape index (κ3) is 14.0. The van der Waals surface area contributed by atoms with Crippen LogP contribution in [0.3, 0.4) is 0 Å². The molecule has 0 saturated carbocycles. The van der Waals surface area contributed by atoms with E-state index in [-0.39, 0.29) is 19.1 Å². The molecule has 0 heterocycles. The molecule has 530 valence electrons. The molecule has 11 nitrogen and oxygen atoms in total. The van der Waals surface area contributed by atoms with E-state index >= 15 is 30.7 Å². The van der Waals surface area contributed by atoms with Crippen LogP contribution in [0, 0.1) is 0 Å². The lowest BCUT2D eigenvalue weighted by molar-refractivity contribution is -0.608. The van der Waals surface area contributed by atoms with Crippen LogP contribution in [0.4, 0.5) is 212 Å². The molecular weight excluding hydrogens is 1450 g/mol. The van der Waals surface area contributed by atoms with Gasteiger partial charge in [0.2, 0.25) is 5.91 Å². The molecule has 1 aromatic carbocycles. The molecule has 0 fully saturated rings. The van der Waals surface area contributed by atoms with Crippen molar-refractivity contribution in [1.82, 2.24) is 0 Å². The van der Waals surface area contributed by atoms with Crippen LogP contribution >= 0.6 is 0 Å². The van der Waals surface area contributed by atoms with Gasteiger partial charge in [-0.2, -0.15) is 206 Å². The van der Waals surface area contributed by atoms with Crippen molar-refractivity contribution in [3.8, 4) is 0 Å². The van der Waals surface area contributed by atoms with Crippen LogP contribution in [0.2, 0.25) is 0 Å². The first kappa shape index (κ1) is 83.1. The molecule has 7 unspecified atom stereocenters. The number of benzene rings is 1. The van der Waals surface area contributed by atoms with Crippen molar-refractivity contribution in [3.63, 3.8) is 0 Å². The Bertz CT molecular complexity index is 2700. The molecule has 1 rings (SSSR count). The van der Waals surface area contributed by atoms with Gasteiger partial charge < -0.3 is 15.4 Å². The van der Waals surface area contributed by atoms with Crippen molar-refractivity contribution >= 4 is 24.2 Å². The van der Waals surface area contributed by atoms with E-state index in [1.54, 1.807) is 0 Å². The molecule has 0 bridgehead atoms. The number of hydrogen-bond acceptors (Lipinski definition) is 10. The molecule has 0 aliphatic heterocycles. The molecule has 0 aromatic heterocycles. The Kier molecular flexibility index (Phi) is 21.2. The molecule has 7 atom stereocenters. The van der Waals surface area contributed by atoms with Crippen LogP contribution in [0.1, 0.15) is 12.5 Å². The van der Waals surface area contributed by atoms with Crippen molar-refractivity contribution in [2.24, 2.45) is 0 Å². The fourth-order valence-corrected chi connectivity index (χ4v) is 5.24. The SMILES string of the molecule is CC(=O)Nc1cccc(B(O)O)c1C(F)(OC(F)(F)C(F)(OC(F)(F)C(F)(OC(F)(F)C(F)(OC(F)(F)C(F)(OC(F)(F)C(F)(OC(F)(F)C(F)(OC(F)(F)C(F)(F)C(F)(F)F)C(F)(F)F)C(F)(F)F)C(F)(F)F)C(F)(F)F)C(F)(F)F)C(F)(F)F)C(F)(F)F.